The Morgan fingerprint density at radius 1 is 1.17 bits per heavy atom. The van der Waals surface area contributed by atoms with Gasteiger partial charge in [-0.25, -0.2) is 9.78 Å². The Morgan fingerprint density at radius 2 is 1.97 bits per heavy atom. The monoisotopic (exact) mass is 410 g/mol. The largest absolute Gasteiger partial charge is 0.486 e. The maximum Gasteiger partial charge on any atom is 0.331 e. The molecule has 8 heteroatoms. The number of aromatic nitrogens is 1. The van der Waals surface area contributed by atoms with Crippen LogP contribution < -0.4 is 14.8 Å². The second-order valence-corrected chi connectivity index (χ2v) is 7.32. The number of amides is 1. The molecule has 1 aliphatic heterocycles. The first kappa shape index (κ1) is 18.9. The van der Waals surface area contributed by atoms with E-state index in [-0.39, 0.29) is 19.3 Å². The van der Waals surface area contributed by atoms with Gasteiger partial charge in [0.2, 0.25) is 0 Å². The minimum atomic E-state index is -0.606. The lowest BCUT2D eigenvalue weighted by atomic mass is 10.2. The molecule has 0 bridgehead atoms. The highest BCUT2D eigenvalue weighted by Crippen LogP contribution is 2.30. The van der Waals surface area contributed by atoms with Crippen LogP contribution in [0.1, 0.15) is 5.01 Å². The third kappa shape index (κ3) is 4.91. The fraction of sp³-hybridized carbons (Fsp3) is 0.190. The summed E-state index contributed by atoms with van der Waals surface area (Å²) in [4.78, 5) is 28.1. The predicted molar refractivity (Wildman–Crippen MR) is 109 cm³/mol. The summed E-state index contributed by atoms with van der Waals surface area (Å²) in [6.45, 7) is 0.224. The Labute approximate surface area is 170 Å². The number of carbonyl (C=O) groups is 2. The van der Waals surface area contributed by atoms with Crippen molar-refractivity contribution in [1.29, 1.82) is 0 Å². The number of rotatable bonds is 6. The van der Waals surface area contributed by atoms with E-state index < -0.39 is 11.9 Å². The maximum atomic E-state index is 11.9. The van der Waals surface area contributed by atoms with Crippen LogP contribution in [-0.2, 0) is 14.3 Å². The van der Waals surface area contributed by atoms with Crippen molar-refractivity contribution in [3.05, 3.63) is 59.6 Å². The topological polar surface area (TPSA) is 86.8 Å². The minimum absolute atomic E-state index is 0.256. The number of para-hydroxylation sites is 3. The van der Waals surface area contributed by atoms with E-state index in [1.54, 1.807) is 6.08 Å². The Balaban J connectivity index is 1.20. The molecule has 0 saturated heterocycles. The lowest BCUT2D eigenvalue weighted by molar-refractivity contribution is -0.143. The molecule has 29 heavy (non-hydrogen) atoms. The van der Waals surface area contributed by atoms with E-state index >= 15 is 0 Å². The first-order chi connectivity index (χ1) is 14.2. The van der Waals surface area contributed by atoms with E-state index in [2.05, 4.69) is 10.3 Å². The highest BCUT2D eigenvalue weighted by atomic mass is 32.1. The van der Waals surface area contributed by atoms with E-state index in [0.29, 0.717) is 23.1 Å². The van der Waals surface area contributed by atoms with Gasteiger partial charge in [-0.05, 0) is 30.3 Å². The lowest BCUT2D eigenvalue weighted by Gasteiger charge is -2.26. The number of benzene rings is 2. The SMILES string of the molecule is O=C(COC(=O)C=Cc1nc2ccccc2s1)NCC1COc2ccccc2O1. The van der Waals surface area contributed by atoms with Crippen LogP contribution >= 0.6 is 11.3 Å². The average molecular weight is 410 g/mol. The third-order valence-electron chi connectivity index (χ3n) is 4.11. The number of hydrogen-bond acceptors (Lipinski definition) is 7. The molecule has 0 radical (unpaired) electrons. The van der Waals surface area contributed by atoms with Crippen LogP contribution in [0.25, 0.3) is 16.3 Å². The van der Waals surface area contributed by atoms with Gasteiger partial charge in [0, 0.05) is 6.08 Å². The lowest BCUT2D eigenvalue weighted by Crippen LogP contribution is -2.42. The molecule has 2 heterocycles. The normalized spacial score (nSPS) is 15.4. The summed E-state index contributed by atoms with van der Waals surface area (Å²) in [7, 11) is 0. The summed E-state index contributed by atoms with van der Waals surface area (Å²) in [6.07, 6.45) is 2.54. The number of fused-ring (bicyclic) bond motifs is 2. The van der Waals surface area contributed by atoms with Crippen molar-refractivity contribution in [3.63, 3.8) is 0 Å². The van der Waals surface area contributed by atoms with E-state index in [1.807, 2.05) is 48.5 Å². The molecule has 1 aromatic heterocycles. The van der Waals surface area contributed by atoms with Gasteiger partial charge >= 0.3 is 5.97 Å². The zero-order valence-electron chi connectivity index (χ0n) is 15.4. The third-order valence-corrected chi connectivity index (χ3v) is 5.11. The zero-order valence-corrected chi connectivity index (χ0v) is 16.2. The molecule has 0 saturated carbocycles. The number of ether oxygens (including phenoxy) is 3. The molecule has 0 fully saturated rings. The van der Waals surface area contributed by atoms with E-state index in [0.717, 1.165) is 10.2 Å². The van der Waals surface area contributed by atoms with Crippen molar-refractivity contribution in [3.8, 4) is 11.5 Å². The van der Waals surface area contributed by atoms with E-state index in [9.17, 15) is 9.59 Å². The summed E-state index contributed by atoms with van der Waals surface area (Å²) in [5.74, 6) is 0.313. The molecule has 0 spiro atoms. The van der Waals surface area contributed by atoms with Gasteiger partial charge in [0.05, 0.1) is 16.8 Å². The number of carbonyl (C=O) groups excluding carboxylic acids is 2. The molecule has 4 rings (SSSR count). The van der Waals surface area contributed by atoms with E-state index in [1.165, 1.54) is 17.4 Å². The van der Waals surface area contributed by atoms with Crippen LogP contribution in [0.3, 0.4) is 0 Å². The Hall–Kier alpha value is -3.39. The molecule has 1 amide bonds. The van der Waals surface area contributed by atoms with Gasteiger partial charge in [-0.1, -0.05) is 24.3 Å². The summed E-state index contributed by atoms with van der Waals surface area (Å²) in [5, 5.41) is 3.37. The second-order valence-electron chi connectivity index (χ2n) is 6.26. The van der Waals surface area contributed by atoms with Crippen LogP contribution in [-0.4, -0.2) is 42.7 Å². The van der Waals surface area contributed by atoms with Gasteiger partial charge in [-0.15, -0.1) is 11.3 Å². The van der Waals surface area contributed by atoms with Gasteiger partial charge in [0.15, 0.2) is 18.1 Å². The summed E-state index contributed by atoms with van der Waals surface area (Å²) in [6, 6.07) is 15.1. The van der Waals surface area contributed by atoms with Crippen molar-refractivity contribution in [2.45, 2.75) is 6.10 Å². The van der Waals surface area contributed by atoms with Gasteiger partial charge < -0.3 is 19.5 Å². The molecule has 1 N–H and O–H groups in total. The van der Waals surface area contributed by atoms with Crippen molar-refractivity contribution in [2.24, 2.45) is 0 Å². The first-order valence-corrected chi connectivity index (χ1v) is 9.84. The molecule has 1 atom stereocenters. The molecule has 0 aliphatic carbocycles. The maximum absolute atomic E-state index is 11.9. The van der Waals surface area contributed by atoms with Crippen LogP contribution in [0, 0.1) is 0 Å². The van der Waals surface area contributed by atoms with Crippen LogP contribution in [0.5, 0.6) is 11.5 Å². The molecule has 2 aromatic carbocycles. The quantitative estimate of drug-likeness (QED) is 0.497. The van der Waals surface area contributed by atoms with Crippen LogP contribution in [0.4, 0.5) is 0 Å². The second kappa shape index (κ2) is 8.74. The highest BCUT2D eigenvalue weighted by molar-refractivity contribution is 7.19. The minimum Gasteiger partial charge on any atom is -0.486 e. The van der Waals surface area contributed by atoms with Gasteiger partial charge in [0.1, 0.15) is 17.7 Å². The molecule has 1 unspecified atom stereocenters. The molecular weight excluding hydrogens is 392 g/mol. The molecular formula is C21H18N2O5S. The van der Waals surface area contributed by atoms with Crippen LogP contribution in [0.15, 0.2) is 54.6 Å². The smallest absolute Gasteiger partial charge is 0.331 e. The van der Waals surface area contributed by atoms with Gasteiger partial charge in [0.25, 0.3) is 5.91 Å². The fourth-order valence-corrected chi connectivity index (χ4v) is 3.60. The van der Waals surface area contributed by atoms with Crippen molar-refractivity contribution < 1.29 is 23.8 Å². The highest BCUT2D eigenvalue weighted by Gasteiger charge is 2.21. The first-order valence-electron chi connectivity index (χ1n) is 9.03. The van der Waals surface area contributed by atoms with Crippen molar-refractivity contribution in [2.75, 3.05) is 19.8 Å². The summed E-state index contributed by atoms with van der Waals surface area (Å²) < 4.78 is 17.3. The number of nitrogens with zero attached hydrogens (tertiary/aromatic N) is 1. The Bertz CT molecular complexity index is 1030. The Kier molecular flexibility index (Phi) is 5.71. The molecule has 1 aliphatic rings. The van der Waals surface area contributed by atoms with Crippen molar-refractivity contribution >= 4 is 39.5 Å². The summed E-state index contributed by atoms with van der Waals surface area (Å²) >= 11 is 1.47. The molecule has 148 valence electrons. The number of thiazole rings is 1. The number of esters is 1. The van der Waals surface area contributed by atoms with Gasteiger partial charge in [-0.2, -0.15) is 0 Å². The summed E-state index contributed by atoms with van der Waals surface area (Å²) in [5.41, 5.74) is 0.876. The van der Waals surface area contributed by atoms with Crippen LogP contribution in [0.2, 0.25) is 0 Å². The number of hydrogen-bond donors (Lipinski definition) is 1. The predicted octanol–water partition coefficient (Wildman–Crippen LogP) is 2.81. The van der Waals surface area contributed by atoms with Crippen molar-refractivity contribution in [1.82, 2.24) is 10.3 Å². The molecule has 3 aromatic rings. The van der Waals surface area contributed by atoms with Gasteiger partial charge in [-0.3, -0.25) is 4.79 Å². The number of nitrogens with one attached hydrogen (secondary N) is 1. The average Bonchev–Trinajstić information content (AvgIpc) is 3.17. The Morgan fingerprint density at radius 3 is 2.83 bits per heavy atom. The molecule has 7 nitrogen and oxygen atoms in total. The zero-order chi connectivity index (χ0) is 20.1. The fourth-order valence-electron chi connectivity index (χ4n) is 2.73. The standard InChI is InChI=1S/C21H18N2O5S/c24-19(22-11-14-12-26-16-6-2-3-7-17(16)28-14)13-27-21(25)10-9-20-23-15-5-1-4-8-18(15)29-20/h1-10,14H,11-13H2,(H,22,24). The van der Waals surface area contributed by atoms with E-state index in [4.69, 9.17) is 14.2 Å².